The number of thiophene rings is 1. The summed E-state index contributed by atoms with van der Waals surface area (Å²) in [5.41, 5.74) is 6.42. The third kappa shape index (κ3) is 1.24. The Morgan fingerprint density at radius 1 is 1.62 bits per heavy atom. The van der Waals surface area contributed by atoms with Gasteiger partial charge in [0.2, 0.25) is 0 Å². The second-order valence-electron chi connectivity index (χ2n) is 4.48. The maximum atomic E-state index is 5.91. The van der Waals surface area contributed by atoms with Gasteiger partial charge >= 0.3 is 0 Å². The monoisotopic (exact) mass is 215 g/mol. The minimum absolute atomic E-state index is 0.213. The Morgan fingerprint density at radius 2 is 2.23 bits per heavy atom. The molecule has 1 heterocycles. The van der Waals surface area contributed by atoms with E-state index in [9.17, 15) is 0 Å². The number of rotatable bonds is 2. The molecule has 0 amide bonds. The molecule has 3 heteroatoms. The molecule has 0 spiro atoms. The first kappa shape index (κ1) is 9.50. The van der Waals surface area contributed by atoms with Crippen LogP contribution >= 0.6 is 22.9 Å². The fourth-order valence-electron chi connectivity index (χ4n) is 2.14. The largest absolute Gasteiger partial charge is 0.330 e. The van der Waals surface area contributed by atoms with Crippen molar-refractivity contribution in [3.05, 3.63) is 21.3 Å². The van der Waals surface area contributed by atoms with E-state index < -0.39 is 0 Å². The molecule has 1 aromatic heterocycles. The molecule has 0 bridgehead atoms. The van der Waals surface area contributed by atoms with Crippen molar-refractivity contribution in [1.82, 2.24) is 0 Å². The van der Waals surface area contributed by atoms with Crippen LogP contribution in [0.5, 0.6) is 0 Å². The van der Waals surface area contributed by atoms with Crippen molar-refractivity contribution in [3.8, 4) is 0 Å². The molecule has 1 aliphatic rings. The van der Waals surface area contributed by atoms with Crippen LogP contribution in [0.4, 0.5) is 0 Å². The van der Waals surface area contributed by atoms with Crippen molar-refractivity contribution in [2.75, 3.05) is 6.54 Å². The molecule has 1 aliphatic carbocycles. The lowest BCUT2D eigenvalue weighted by Gasteiger charge is -2.16. The first-order chi connectivity index (χ1) is 6.02. The Bertz CT molecular complexity index is 331. The molecular weight excluding hydrogens is 202 g/mol. The summed E-state index contributed by atoms with van der Waals surface area (Å²) >= 11 is 7.65. The molecule has 0 aliphatic heterocycles. The van der Waals surface area contributed by atoms with E-state index >= 15 is 0 Å². The topological polar surface area (TPSA) is 26.0 Å². The molecule has 2 rings (SSSR count). The molecule has 1 saturated carbocycles. The number of halogens is 1. The van der Waals surface area contributed by atoms with Gasteiger partial charge in [-0.3, -0.25) is 0 Å². The van der Waals surface area contributed by atoms with E-state index in [2.05, 4.69) is 19.9 Å². The van der Waals surface area contributed by atoms with E-state index in [-0.39, 0.29) is 5.41 Å². The lowest BCUT2D eigenvalue weighted by Crippen LogP contribution is -2.24. The lowest BCUT2D eigenvalue weighted by molar-refractivity contribution is 0.509. The van der Waals surface area contributed by atoms with E-state index in [1.807, 2.05) is 5.38 Å². The van der Waals surface area contributed by atoms with Gasteiger partial charge in [-0.15, -0.1) is 11.3 Å². The van der Waals surface area contributed by atoms with Crippen LogP contribution in [-0.2, 0) is 5.41 Å². The summed E-state index contributed by atoms with van der Waals surface area (Å²) < 4.78 is 0. The summed E-state index contributed by atoms with van der Waals surface area (Å²) in [6.45, 7) is 5.28. The predicted molar refractivity (Wildman–Crippen MR) is 58.5 cm³/mol. The highest BCUT2D eigenvalue weighted by molar-refractivity contribution is 7.10. The lowest BCUT2D eigenvalue weighted by atomic mass is 9.94. The average Bonchev–Trinajstić information content (AvgIpc) is 2.43. The summed E-state index contributed by atoms with van der Waals surface area (Å²) in [5.74, 6) is 0. The first-order valence-corrected chi connectivity index (χ1v) is 5.72. The standard InChI is InChI=1S/C10H14ClNS/c1-9(2)5-10(9,6-12)8-3-7(11)4-13-8/h3-4H,5-6,12H2,1-2H3. The fraction of sp³-hybridized carbons (Fsp3) is 0.600. The zero-order chi connectivity index (χ0) is 9.69. The summed E-state index contributed by atoms with van der Waals surface area (Å²) in [7, 11) is 0. The molecule has 13 heavy (non-hydrogen) atoms. The maximum absolute atomic E-state index is 5.91. The molecular formula is C10H14ClNS. The predicted octanol–water partition coefficient (Wildman–Crippen LogP) is 3.03. The second kappa shape index (κ2) is 2.72. The van der Waals surface area contributed by atoms with Crippen molar-refractivity contribution < 1.29 is 0 Å². The highest BCUT2D eigenvalue weighted by Gasteiger charge is 2.61. The second-order valence-corrected chi connectivity index (χ2v) is 5.82. The molecule has 1 nitrogen and oxygen atoms in total. The third-order valence-electron chi connectivity index (χ3n) is 3.30. The van der Waals surface area contributed by atoms with Crippen molar-refractivity contribution in [1.29, 1.82) is 0 Å². The smallest absolute Gasteiger partial charge is 0.0516 e. The normalized spacial score (nSPS) is 30.5. The van der Waals surface area contributed by atoms with Crippen molar-refractivity contribution in [2.45, 2.75) is 25.7 Å². The summed E-state index contributed by atoms with van der Waals surface area (Å²) in [6.07, 6.45) is 1.19. The van der Waals surface area contributed by atoms with Gasteiger partial charge in [-0.05, 0) is 17.9 Å². The van der Waals surface area contributed by atoms with Crippen molar-refractivity contribution >= 4 is 22.9 Å². The third-order valence-corrected chi connectivity index (χ3v) is 4.78. The van der Waals surface area contributed by atoms with Gasteiger partial charge in [0, 0.05) is 22.2 Å². The minimum Gasteiger partial charge on any atom is -0.330 e. The van der Waals surface area contributed by atoms with Crippen LogP contribution in [0.3, 0.4) is 0 Å². The summed E-state index contributed by atoms with van der Waals surface area (Å²) in [6, 6.07) is 2.06. The van der Waals surface area contributed by atoms with Gasteiger partial charge < -0.3 is 5.73 Å². The van der Waals surface area contributed by atoms with Crippen LogP contribution in [0.25, 0.3) is 0 Å². The molecule has 0 radical (unpaired) electrons. The van der Waals surface area contributed by atoms with Crippen LogP contribution in [0.1, 0.15) is 25.1 Å². The van der Waals surface area contributed by atoms with Crippen LogP contribution in [0.2, 0.25) is 5.02 Å². The number of nitrogens with two attached hydrogens (primary N) is 1. The van der Waals surface area contributed by atoms with Gasteiger partial charge in [-0.25, -0.2) is 0 Å². The molecule has 72 valence electrons. The van der Waals surface area contributed by atoms with Gasteiger partial charge in [0.05, 0.1) is 5.02 Å². The van der Waals surface area contributed by atoms with E-state index in [0.717, 1.165) is 11.6 Å². The Kier molecular flexibility index (Phi) is 1.99. The van der Waals surface area contributed by atoms with Crippen molar-refractivity contribution in [2.24, 2.45) is 11.1 Å². The minimum atomic E-state index is 0.213. The molecule has 1 atom stereocenters. The van der Waals surface area contributed by atoms with Gasteiger partial charge in [0.1, 0.15) is 0 Å². The highest BCUT2D eigenvalue weighted by atomic mass is 35.5. The summed E-state index contributed by atoms with van der Waals surface area (Å²) in [4.78, 5) is 1.35. The van der Waals surface area contributed by atoms with E-state index in [0.29, 0.717) is 5.41 Å². The fourth-order valence-corrected chi connectivity index (χ4v) is 3.61. The van der Waals surface area contributed by atoms with Crippen LogP contribution < -0.4 is 5.73 Å². The Balaban J connectivity index is 2.35. The average molecular weight is 216 g/mol. The Hall–Kier alpha value is -0.0500. The van der Waals surface area contributed by atoms with Gasteiger partial charge in [-0.1, -0.05) is 25.4 Å². The SMILES string of the molecule is CC1(C)CC1(CN)c1cc(Cl)cs1. The zero-order valence-electron chi connectivity index (χ0n) is 7.93. The number of hydrogen-bond donors (Lipinski definition) is 1. The van der Waals surface area contributed by atoms with E-state index in [1.165, 1.54) is 11.3 Å². The molecule has 1 unspecified atom stereocenters. The van der Waals surface area contributed by atoms with Crippen molar-refractivity contribution in [3.63, 3.8) is 0 Å². The zero-order valence-corrected chi connectivity index (χ0v) is 9.50. The van der Waals surface area contributed by atoms with Crippen LogP contribution in [-0.4, -0.2) is 6.54 Å². The van der Waals surface area contributed by atoms with Gasteiger partial charge in [0.15, 0.2) is 0 Å². The van der Waals surface area contributed by atoms with Crippen LogP contribution in [0, 0.1) is 5.41 Å². The highest BCUT2D eigenvalue weighted by Crippen LogP contribution is 2.64. The molecule has 0 saturated heterocycles. The van der Waals surface area contributed by atoms with E-state index in [4.69, 9.17) is 17.3 Å². The Labute approximate surface area is 87.9 Å². The molecule has 1 fully saturated rings. The van der Waals surface area contributed by atoms with Crippen LogP contribution in [0.15, 0.2) is 11.4 Å². The Morgan fingerprint density at radius 3 is 2.54 bits per heavy atom. The first-order valence-electron chi connectivity index (χ1n) is 4.46. The molecule has 2 N–H and O–H groups in total. The van der Waals surface area contributed by atoms with Gasteiger partial charge in [0.25, 0.3) is 0 Å². The maximum Gasteiger partial charge on any atom is 0.0516 e. The molecule has 1 aromatic rings. The van der Waals surface area contributed by atoms with Gasteiger partial charge in [-0.2, -0.15) is 0 Å². The summed E-state index contributed by atoms with van der Waals surface area (Å²) in [5, 5.41) is 2.83. The molecule has 0 aromatic carbocycles. The van der Waals surface area contributed by atoms with E-state index in [1.54, 1.807) is 11.3 Å². The quantitative estimate of drug-likeness (QED) is 0.807. The number of hydrogen-bond acceptors (Lipinski definition) is 2.